The molecule has 4 heteroatoms. The van der Waals surface area contributed by atoms with E-state index in [1.54, 1.807) is 19.0 Å². The molecule has 0 aliphatic carbocycles. The molecule has 23 heavy (non-hydrogen) atoms. The average molecular weight is 314 g/mol. The molecule has 0 unspecified atom stereocenters. The van der Waals surface area contributed by atoms with Gasteiger partial charge in [0.05, 0.1) is 0 Å². The number of benzene rings is 1. The van der Waals surface area contributed by atoms with Crippen LogP contribution in [0.4, 0.5) is 0 Å². The molecule has 1 N–H and O–H groups in total. The second-order valence-corrected chi connectivity index (χ2v) is 7.02. The Kier molecular flexibility index (Phi) is 4.44. The first kappa shape index (κ1) is 16.1. The van der Waals surface area contributed by atoms with Crippen molar-refractivity contribution in [3.05, 3.63) is 35.1 Å². The predicted octanol–water partition coefficient (Wildman–Crippen LogP) is 3.73. The highest BCUT2D eigenvalue weighted by atomic mass is 16.3. The van der Waals surface area contributed by atoms with Gasteiger partial charge in [0.25, 0.3) is 5.91 Å². The smallest absolute Gasteiger partial charge is 0.289 e. The van der Waals surface area contributed by atoms with E-state index in [1.807, 2.05) is 6.07 Å². The molecule has 0 radical (unpaired) electrons. The zero-order valence-electron chi connectivity index (χ0n) is 14.5. The number of carbonyl (C=O) groups excluding carboxylic acids is 1. The van der Waals surface area contributed by atoms with Crippen LogP contribution in [0.5, 0.6) is 0 Å². The van der Waals surface area contributed by atoms with E-state index in [0.29, 0.717) is 17.6 Å². The molecule has 124 valence electrons. The molecular formula is C19H26N2O2. The van der Waals surface area contributed by atoms with E-state index in [1.165, 1.54) is 11.1 Å². The van der Waals surface area contributed by atoms with Crippen molar-refractivity contribution in [2.75, 3.05) is 27.2 Å². The van der Waals surface area contributed by atoms with Crippen LogP contribution in [0, 0.1) is 0 Å². The first-order valence-electron chi connectivity index (χ1n) is 8.47. The fourth-order valence-corrected chi connectivity index (χ4v) is 3.30. The Labute approximate surface area is 137 Å². The molecule has 0 atom stereocenters. The summed E-state index contributed by atoms with van der Waals surface area (Å²) in [6.45, 7) is 6.50. The molecule has 1 aliphatic heterocycles. The number of hydrogen-bond donors (Lipinski definition) is 1. The maximum Gasteiger partial charge on any atom is 0.289 e. The van der Waals surface area contributed by atoms with Gasteiger partial charge in [-0.05, 0) is 61.0 Å². The fraction of sp³-hybridized carbons (Fsp3) is 0.526. The Bertz CT molecular complexity index is 709. The lowest BCUT2D eigenvalue weighted by atomic mass is 9.86. The average Bonchev–Trinajstić information content (AvgIpc) is 2.97. The van der Waals surface area contributed by atoms with Crippen molar-refractivity contribution in [3.63, 3.8) is 0 Å². The van der Waals surface area contributed by atoms with Crippen molar-refractivity contribution in [3.8, 4) is 0 Å². The van der Waals surface area contributed by atoms with Crippen molar-refractivity contribution in [1.82, 2.24) is 10.2 Å². The van der Waals surface area contributed by atoms with Crippen LogP contribution in [-0.4, -0.2) is 38.0 Å². The summed E-state index contributed by atoms with van der Waals surface area (Å²) in [5.74, 6) is 1.32. The molecule has 4 nitrogen and oxygen atoms in total. The lowest BCUT2D eigenvalue weighted by Gasteiger charge is -2.24. The van der Waals surface area contributed by atoms with Crippen molar-refractivity contribution in [2.24, 2.45) is 0 Å². The van der Waals surface area contributed by atoms with E-state index in [-0.39, 0.29) is 5.91 Å². The summed E-state index contributed by atoms with van der Waals surface area (Å²) in [4.78, 5) is 13.8. The van der Waals surface area contributed by atoms with Crippen LogP contribution in [0.25, 0.3) is 11.0 Å². The molecule has 1 saturated heterocycles. The first-order valence-corrected chi connectivity index (χ1v) is 8.47. The Morgan fingerprint density at radius 3 is 2.52 bits per heavy atom. The molecule has 1 fully saturated rings. The highest BCUT2D eigenvalue weighted by molar-refractivity contribution is 5.96. The summed E-state index contributed by atoms with van der Waals surface area (Å²) in [5, 5.41) is 4.47. The zero-order chi connectivity index (χ0) is 16.6. The van der Waals surface area contributed by atoms with Crippen LogP contribution in [0.1, 0.15) is 60.2 Å². The number of nitrogens with zero attached hydrogens (tertiary/aromatic N) is 1. The van der Waals surface area contributed by atoms with Gasteiger partial charge >= 0.3 is 0 Å². The third-order valence-corrected chi connectivity index (χ3v) is 4.73. The predicted molar refractivity (Wildman–Crippen MR) is 93.2 cm³/mol. The molecule has 3 rings (SSSR count). The minimum Gasteiger partial charge on any atom is -0.451 e. The number of amides is 1. The Hall–Kier alpha value is -1.81. The molecule has 0 saturated carbocycles. The summed E-state index contributed by atoms with van der Waals surface area (Å²) in [7, 11) is 3.51. The number of carbonyl (C=O) groups is 1. The van der Waals surface area contributed by atoms with Crippen LogP contribution in [0.2, 0.25) is 0 Å². The topological polar surface area (TPSA) is 45.5 Å². The van der Waals surface area contributed by atoms with Crippen LogP contribution < -0.4 is 5.32 Å². The monoisotopic (exact) mass is 314 g/mol. The molecule has 2 heterocycles. The molecule has 1 aromatic heterocycles. The summed E-state index contributed by atoms with van der Waals surface area (Å²) in [6, 6.07) is 6.35. The van der Waals surface area contributed by atoms with Gasteiger partial charge in [0.2, 0.25) is 0 Å². The number of hydrogen-bond acceptors (Lipinski definition) is 3. The lowest BCUT2D eigenvalue weighted by molar-refractivity contribution is 0.0799. The maximum absolute atomic E-state index is 12.2. The van der Waals surface area contributed by atoms with Gasteiger partial charge in [-0.1, -0.05) is 19.9 Å². The molecule has 0 spiro atoms. The van der Waals surface area contributed by atoms with Gasteiger partial charge in [-0.25, -0.2) is 0 Å². The first-order chi connectivity index (χ1) is 11.0. The van der Waals surface area contributed by atoms with Crippen LogP contribution in [0.15, 0.2) is 22.6 Å². The third kappa shape index (κ3) is 3.13. The molecule has 1 aromatic carbocycles. The Morgan fingerprint density at radius 1 is 1.22 bits per heavy atom. The van der Waals surface area contributed by atoms with E-state index in [4.69, 9.17) is 4.42 Å². The number of piperidine rings is 1. The van der Waals surface area contributed by atoms with E-state index >= 15 is 0 Å². The maximum atomic E-state index is 12.2. The molecule has 1 amide bonds. The van der Waals surface area contributed by atoms with E-state index < -0.39 is 0 Å². The van der Waals surface area contributed by atoms with Crippen molar-refractivity contribution in [1.29, 1.82) is 0 Å². The highest BCUT2D eigenvalue weighted by Gasteiger charge is 2.23. The van der Waals surface area contributed by atoms with Crippen molar-refractivity contribution >= 4 is 16.9 Å². The number of rotatable bonds is 3. The Morgan fingerprint density at radius 2 is 1.91 bits per heavy atom. The van der Waals surface area contributed by atoms with Gasteiger partial charge in [-0.3, -0.25) is 4.79 Å². The van der Waals surface area contributed by atoms with Gasteiger partial charge in [0.15, 0.2) is 5.76 Å². The third-order valence-electron chi connectivity index (χ3n) is 4.73. The van der Waals surface area contributed by atoms with Crippen LogP contribution >= 0.6 is 0 Å². The number of nitrogens with one attached hydrogen (secondary N) is 1. The second kappa shape index (κ2) is 6.36. The number of fused-ring (bicyclic) bond motifs is 1. The summed E-state index contributed by atoms with van der Waals surface area (Å²) >= 11 is 0. The minimum atomic E-state index is -0.0800. The number of furan rings is 1. The summed E-state index contributed by atoms with van der Waals surface area (Å²) in [5.41, 5.74) is 3.48. The van der Waals surface area contributed by atoms with Gasteiger partial charge in [0.1, 0.15) is 5.58 Å². The van der Waals surface area contributed by atoms with Crippen LogP contribution in [0.3, 0.4) is 0 Å². The standard InChI is InChI=1S/C19H26N2O2/c1-12(2)14-9-15-11-17(19(22)21(3)4)23-18(15)16(10-14)13-5-7-20-8-6-13/h9-13,20H,5-8H2,1-4H3. The lowest BCUT2D eigenvalue weighted by Crippen LogP contribution is -2.26. The quantitative estimate of drug-likeness (QED) is 0.939. The summed E-state index contributed by atoms with van der Waals surface area (Å²) in [6.07, 6.45) is 2.24. The Balaban J connectivity index is 2.12. The molecule has 0 bridgehead atoms. The van der Waals surface area contributed by atoms with E-state index in [9.17, 15) is 4.79 Å². The van der Waals surface area contributed by atoms with Gasteiger partial charge in [-0.15, -0.1) is 0 Å². The SMILES string of the molecule is CC(C)c1cc(C2CCNCC2)c2oc(C(=O)N(C)C)cc2c1. The largest absolute Gasteiger partial charge is 0.451 e. The van der Waals surface area contributed by atoms with Gasteiger partial charge in [0, 0.05) is 19.5 Å². The molecule has 1 aliphatic rings. The molecule has 2 aromatic rings. The van der Waals surface area contributed by atoms with Crippen molar-refractivity contribution < 1.29 is 9.21 Å². The second-order valence-electron chi connectivity index (χ2n) is 7.02. The van der Waals surface area contributed by atoms with E-state index in [0.717, 1.165) is 36.9 Å². The zero-order valence-corrected chi connectivity index (χ0v) is 14.5. The van der Waals surface area contributed by atoms with E-state index in [2.05, 4.69) is 31.3 Å². The fourth-order valence-electron chi connectivity index (χ4n) is 3.30. The summed E-state index contributed by atoms with van der Waals surface area (Å²) < 4.78 is 6.00. The van der Waals surface area contributed by atoms with Crippen LogP contribution in [-0.2, 0) is 0 Å². The highest BCUT2D eigenvalue weighted by Crippen LogP contribution is 2.36. The van der Waals surface area contributed by atoms with Crippen molar-refractivity contribution in [2.45, 2.75) is 38.5 Å². The van der Waals surface area contributed by atoms with Gasteiger partial charge in [-0.2, -0.15) is 0 Å². The normalized spacial score (nSPS) is 16.2. The van der Waals surface area contributed by atoms with Gasteiger partial charge < -0.3 is 14.6 Å². The molecular weight excluding hydrogens is 288 g/mol. The minimum absolute atomic E-state index is 0.0800.